The highest BCUT2D eigenvalue weighted by atomic mass is 32.2. The van der Waals surface area contributed by atoms with Gasteiger partial charge >= 0.3 is 0 Å². The lowest BCUT2D eigenvalue weighted by Gasteiger charge is -2.21. The van der Waals surface area contributed by atoms with Crippen LogP contribution < -0.4 is 10.2 Å². The van der Waals surface area contributed by atoms with Gasteiger partial charge in [0, 0.05) is 27.9 Å². The van der Waals surface area contributed by atoms with Gasteiger partial charge in [0.25, 0.3) is 5.91 Å². The summed E-state index contributed by atoms with van der Waals surface area (Å²) in [5.74, 6) is 5.87. The maximum absolute atomic E-state index is 13.9. The fraction of sp³-hybridized carbons (Fsp3) is 0.136. The van der Waals surface area contributed by atoms with Crippen LogP contribution in [0.5, 0.6) is 0 Å². The van der Waals surface area contributed by atoms with E-state index < -0.39 is 0 Å². The van der Waals surface area contributed by atoms with E-state index in [1.54, 1.807) is 24.2 Å². The zero-order valence-electron chi connectivity index (χ0n) is 15.9. The van der Waals surface area contributed by atoms with Crippen LogP contribution in [0.25, 0.3) is 0 Å². The maximum atomic E-state index is 13.9. The molecule has 144 valence electrons. The van der Waals surface area contributed by atoms with E-state index in [1.165, 1.54) is 30.0 Å². The summed E-state index contributed by atoms with van der Waals surface area (Å²) in [6, 6.07) is 9.90. The van der Waals surface area contributed by atoms with Gasteiger partial charge in [-0.05, 0) is 50.2 Å². The van der Waals surface area contributed by atoms with Crippen molar-refractivity contribution in [1.82, 2.24) is 9.97 Å². The van der Waals surface area contributed by atoms with E-state index in [1.807, 2.05) is 25.1 Å². The summed E-state index contributed by atoms with van der Waals surface area (Å²) in [7, 11) is 0. The highest BCUT2D eigenvalue weighted by Crippen LogP contribution is 2.43. The SMILES string of the molecule is CC#CCN1C(=O)c2ccc(F)cc2Sc2cc(Nc3nccnc3C)ccc21. The molecule has 0 spiro atoms. The van der Waals surface area contributed by atoms with Gasteiger partial charge in [0.15, 0.2) is 5.82 Å². The number of carbonyl (C=O) groups is 1. The van der Waals surface area contributed by atoms with Crippen molar-refractivity contribution in [2.75, 3.05) is 16.8 Å². The zero-order chi connectivity index (χ0) is 20.4. The number of rotatable bonds is 3. The van der Waals surface area contributed by atoms with Crippen molar-refractivity contribution in [2.45, 2.75) is 23.6 Å². The first kappa shape index (κ1) is 19.0. The molecular formula is C22H17FN4OS. The third-order valence-corrected chi connectivity index (χ3v) is 5.55. The predicted molar refractivity (Wildman–Crippen MR) is 112 cm³/mol. The molecule has 7 heteroatoms. The van der Waals surface area contributed by atoms with Crippen molar-refractivity contribution >= 4 is 34.9 Å². The molecule has 0 saturated heterocycles. The topological polar surface area (TPSA) is 58.1 Å². The Morgan fingerprint density at radius 2 is 1.97 bits per heavy atom. The molecule has 0 fully saturated rings. The first-order chi connectivity index (χ1) is 14.1. The summed E-state index contributed by atoms with van der Waals surface area (Å²) >= 11 is 1.36. The van der Waals surface area contributed by atoms with Gasteiger partial charge in [-0.3, -0.25) is 14.7 Å². The van der Waals surface area contributed by atoms with Gasteiger partial charge in [-0.2, -0.15) is 0 Å². The molecule has 0 unspecified atom stereocenters. The number of anilines is 3. The highest BCUT2D eigenvalue weighted by molar-refractivity contribution is 7.99. The van der Waals surface area contributed by atoms with Crippen LogP contribution in [-0.2, 0) is 0 Å². The van der Waals surface area contributed by atoms with Gasteiger partial charge in [-0.15, -0.1) is 5.92 Å². The maximum Gasteiger partial charge on any atom is 0.260 e. The summed E-state index contributed by atoms with van der Waals surface area (Å²) in [6.45, 7) is 3.86. The van der Waals surface area contributed by atoms with Crippen LogP contribution >= 0.6 is 11.8 Å². The van der Waals surface area contributed by atoms with Gasteiger partial charge in [0.05, 0.1) is 23.5 Å². The van der Waals surface area contributed by atoms with Crippen molar-refractivity contribution in [3.05, 3.63) is 65.9 Å². The van der Waals surface area contributed by atoms with Crippen LogP contribution in [0.2, 0.25) is 0 Å². The molecule has 0 aliphatic carbocycles. The van der Waals surface area contributed by atoms with Crippen LogP contribution in [0.3, 0.4) is 0 Å². The number of aromatic nitrogens is 2. The van der Waals surface area contributed by atoms with Gasteiger partial charge in [-0.25, -0.2) is 9.37 Å². The Morgan fingerprint density at radius 3 is 2.76 bits per heavy atom. The molecule has 2 heterocycles. The average Bonchev–Trinajstić information content (AvgIpc) is 2.81. The van der Waals surface area contributed by atoms with E-state index in [2.05, 4.69) is 27.1 Å². The molecule has 5 nitrogen and oxygen atoms in total. The normalized spacial score (nSPS) is 12.4. The summed E-state index contributed by atoms with van der Waals surface area (Å²) in [5.41, 5.74) is 2.77. The monoisotopic (exact) mass is 404 g/mol. The van der Waals surface area contributed by atoms with Crippen LogP contribution in [-0.4, -0.2) is 22.4 Å². The standard InChI is InChI=1S/C22H17FN4OS/c1-3-4-11-27-18-8-6-16(26-21-14(2)24-9-10-25-21)13-20(18)29-19-12-15(23)5-7-17(19)22(27)28/h5-10,12-13H,11H2,1-2H3,(H,25,26). The third-order valence-electron chi connectivity index (χ3n) is 4.45. The fourth-order valence-corrected chi connectivity index (χ4v) is 4.15. The van der Waals surface area contributed by atoms with Crippen LogP contribution in [0, 0.1) is 24.6 Å². The van der Waals surface area contributed by atoms with Crippen LogP contribution in [0.4, 0.5) is 21.6 Å². The molecule has 1 aliphatic heterocycles. The molecule has 29 heavy (non-hydrogen) atoms. The van der Waals surface area contributed by atoms with Gasteiger partial charge < -0.3 is 5.32 Å². The lowest BCUT2D eigenvalue weighted by atomic mass is 10.1. The number of nitrogens with zero attached hydrogens (tertiary/aromatic N) is 3. The number of fused-ring (bicyclic) bond motifs is 2. The minimum atomic E-state index is -0.378. The number of nitrogens with one attached hydrogen (secondary N) is 1. The van der Waals surface area contributed by atoms with Gasteiger partial charge in [-0.1, -0.05) is 17.7 Å². The molecule has 0 saturated carbocycles. The first-order valence-electron chi connectivity index (χ1n) is 8.94. The lowest BCUT2D eigenvalue weighted by molar-refractivity contribution is 0.0987. The quantitative estimate of drug-likeness (QED) is 0.636. The molecule has 1 aliphatic rings. The van der Waals surface area contributed by atoms with Crippen molar-refractivity contribution in [1.29, 1.82) is 0 Å². The first-order valence-corrected chi connectivity index (χ1v) is 9.76. The van der Waals surface area contributed by atoms with Crippen molar-refractivity contribution < 1.29 is 9.18 Å². The number of hydrogen-bond donors (Lipinski definition) is 1. The largest absolute Gasteiger partial charge is 0.339 e. The van der Waals surface area contributed by atoms with E-state index in [0.717, 1.165) is 22.0 Å². The Kier molecular flexibility index (Phi) is 5.19. The molecule has 2 aromatic carbocycles. The smallest absolute Gasteiger partial charge is 0.260 e. The van der Waals surface area contributed by atoms with Gasteiger partial charge in [0.2, 0.25) is 0 Å². The highest BCUT2D eigenvalue weighted by Gasteiger charge is 2.27. The molecule has 1 amide bonds. The lowest BCUT2D eigenvalue weighted by Crippen LogP contribution is -2.31. The number of hydrogen-bond acceptors (Lipinski definition) is 5. The molecule has 0 bridgehead atoms. The summed E-state index contributed by atoms with van der Waals surface area (Å²) in [4.78, 5) is 24.7. The van der Waals surface area contributed by atoms with Crippen LogP contribution in [0.15, 0.2) is 58.6 Å². The van der Waals surface area contributed by atoms with Crippen LogP contribution in [0.1, 0.15) is 23.0 Å². The fourth-order valence-electron chi connectivity index (χ4n) is 3.01. The predicted octanol–water partition coefficient (Wildman–Crippen LogP) is 4.80. The summed E-state index contributed by atoms with van der Waals surface area (Å²) in [5, 5.41) is 3.25. The Hall–Kier alpha value is -3.37. The second-order valence-electron chi connectivity index (χ2n) is 6.36. The third kappa shape index (κ3) is 3.80. The molecule has 3 aromatic rings. The Labute approximate surface area is 172 Å². The van der Waals surface area contributed by atoms with Crippen molar-refractivity contribution in [3.63, 3.8) is 0 Å². The zero-order valence-corrected chi connectivity index (χ0v) is 16.7. The second-order valence-corrected chi connectivity index (χ2v) is 7.44. The molecular weight excluding hydrogens is 387 g/mol. The Balaban J connectivity index is 1.79. The number of carbonyl (C=O) groups excluding carboxylic acids is 1. The molecule has 1 aromatic heterocycles. The molecule has 0 atom stereocenters. The van der Waals surface area contributed by atoms with E-state index in [9.17, 15) is 9.18 Å². The van der Waals surface area contributed by atoms with E-state index in [0.29, 0.717) is 16.3 Å². The summed E-state index contributed by atoms with van der Waals surface area (Å²) in [6.07, 6.45) is 3.26. The number of halogens is 1. The van der Waals surface area contributed by atoms with Gasteiger partial charge in [0.1, 0.15) is 5.82 Å². The molecule has 0 radical (unpaired) electrons. The average molecular weight is 404 g/mol. The van der Waals surface area contributed by atoms with Crippen molar-refractivity contribution in [2.24, 2.45) is 0 Å². The second kappa shape index (κ2) is 7.94. The van der Waals surface area contributed by atoms with E-state index in [4.69, 9.17) is 0 Å². The van der Waals surface area contributed by atoms with E-state index >= 15 is 0 Å². The number of amides is 1. The summed E-state index contributed by atoms with van der Waals surface area (Å²) < 4.78 is 13.9. The minimum absolute atomic E-state index is 0.195. The Bertz CT molecular complexity index is 1170. The number of benzene rings is 2. The minimum Gasteiger partial charge on any atom is -0.339 e. The Morgan fingerprint density at radius 1 is 1.14 bits per heavy atom. The van der Waals surface area contributed by atoms with E-state index in [-0.39, 0.29) is 18.3 Å². The number of aryl methyl sites for hydroxylation is 1. The van der Waals surface area contributed by atoms with Crippen molar-refractivity contribution in [3.8, 4) is 11.8 Å². The molecule has 1 N–H and O–H groups in total. The molecule has 4 rings (SSSR count).